The molecule has 0 saturated carbocycles. The number of hydrogen-bond donors (Lipinski definition) is 1. The van der Waals surface area contributed by atoms with Gasteiger partial charge < -0.3 is 10.2 Å². The Labute approximate surface area is 103 Å². The van der Waals surface area contributed by atoms with Gasteiger partial charge in [0.2, 0.25) is 10.1 Å². The second-order valence-corrected chi connectivity index (χ2v) is 5.55. The summed E-state index contributed by atoms with van der Waals surface area (Å²) < 4.78 is 0. The minimum atomic E-state index is 0.0157. The molecule has 1 aromatic rings. The van der Waals surface area contributed by atoms with E-state index in [1.807, 2.05) is 23.6 Å². The van der Waals surface area contributed by atoms with Crippen LogP contribution in [0.4, 0.5) is 5.13 Å². The predicted octanol–water partition coefficient (Wildman–Crippen LogP) is 1.16. The molecule has 0 spiro atoms. The van der Waals surface area contributed by atoms with Crippen LogP contribution >= 0.6 is 23.1 Å². The third-order valence-electron chi connectivity index (χ3n) is 2.23. The SMILES string of the molecule is CCNc1nnc(C(=O)N2CCSCC2)s1. The van der Waals surface area contributed by atoms with E-state index < -0.39 is 0 Å². The fourth-order valence-corrected chi connectivity index (χ4v) is 3.12. The zero-order valence-corrected chi connectivity index (χ0v) is 10.7. The zero-order chi connectivity index (χ0) is 11.4. The first-order valence-electron chi connectivity index (χ1n) is 5.25. The molecule has 2 rings (SSSR count). The highest BCUT2D eigenvalue weighted by molar-refractivity contribution is 7.99. The molecule has 0 aromatic carbocycles. The van der Waals surface area contributed by atoms with Gasteiger partial charge in [-0.25, -0.2) is 0 Å². The molecule has 0 atom stereocenters. The van der Waals surface area contributed by atoms with Gasteiger partial charge in [-0.2, -0.15) is 11.8 Å². The van der Waals surface area contributed by atoms with E-state index in [9.17, 15) is 4.79 Å². The van der Waals surface area contributed by atoms with Crippen LogP contribution in [-0.2, 0) is 0 Å². The third-order valence-corrected chi connectivity index (χ3v) is 4.05. The van der Waals surface area contributed by atoms with Gasteiger partial charge >= 0.3 is 0 Å². The first-order valence-corrected chi connectivity index (χ1v) is 7.22. The van der Waals surface area contributed by atoms with Crippen molar-refractivity contribution in [2.24, 2.45) is 0 Å². The van der Waals surface area contributed by atoms with E-state index in [-0.39, 0.29) is 5.91 Å². The van der Waals surface area contributed by atoms with Gasteiger partial charge in [-0.05, 0) is 6.92 Å². The second-order valence-electron chi connectivity index (χ2n) is 3.35. The number of amides is 1. The van der Waals surface area contributed by atoms with Crippen LogP contribution in [0.15, 0.2) is 0 Å². The average Bonchev–Trinajstić information content (AvgIpc) is 2.78. The smallest absolute Gasteiger partial charge is 0.284 e. The van der Waals surface area contributed by atoms with E-state index in [0.717, 1.165) is 36.3 Å². The molecule has 0 unspecified atom stereocenters. The highest BCUT2D eigenvalue weighted by Crippen LogP contribution is 2.18. The van der Waals surface area contributed by atoms with E-state index in [2.05, 4.69) is 15.5 Å². The molecular weight excluding hydrogens is 244 g/mol. The molecule has 1 aromatic heterocycles. The van der Waals surface area contributed by atoms with Crippen LogP contribution in [0.2, 0.25) is 0 Å². The second kappa shape index (κ2) is 5.49. The first kappa shape index (κ1) is 11.7. The Morgan fingerprint density at radius 1 is 1.44 bits per heavy atom. The summed E-state index contributed by atoms with van der Waals surface area (Å²) in [5.74, 6) is 2.05. The van der Waals surface area contributed by atoms with Gasteiger partial charge in [0.15, 0.2) is 0 Å². The van der Waals surface area contributed by atoms with E-state index >= 15 is 0 Å². The van der Waals surface area contributed by atoms with Crippen LogP contribution in [0.25, 0.3) is 0 Å². The molecule has 1 aliphatic heterocycles. The predicted molar refractivity (Wildman–Crippen MR) is 67.3 cm³/mol. The topological polar surface area (TPSA) is 58.1 Å². The molecule has 2 heterocycles. The summed E-state index contributed by atoms with van der Waals surface area (Å²) in [6.45, 7) is 4.42. The molecule has 88 valence electrons. The van der Waals surface area contributed by atoms with Crippen LogP contribution in [0.1, 0.15) is 16.7 Å². The Morgan fingerprint density at radius 2 is 2.19 bits per heavy atom. The maximum absolute atomic E-state index is 12.0. The Bertz CT molecular complexity index is 362. The van der Waals surface area contributed by atoms with Crippen molar-refractivity contribution in [3.8, 4) is 0 Å². The number of aromatic nitrogens is 2. The Hall–Kier alpha value is -0.820. The van der Waals surface area contributed by atoms with Gasteiger partial charge in [-0.1, -0.05) is 11.3 Å². The maximum atomic E-state index is 12.0. The van der Waals surface area contributed by atoms with E-state index in [0.29, 0.717) is 5.01 Å². The van der Waals surface area contributed by atoms with Crippen molar-refractivity contribution in [1.82, 2.24) is 15.1 Å². The number of hydrogen-bond acceptors (Lipinski definition) is 6. The molecule has 1 amide bonds. The van der Waals surface area contributed by atoms with Crippen LogP contribution in [0.5, 0.6) is 0 Å². The molecule has 5 nitrogen and oxygen atoms in total. The molecule has 1 saturated heterocycles. The van der Waals surface area contributed by atoms with E-state index in [4.69, 9.17) is 0 Å². The molecular formula is C9H14N4OS2. The van der Waals surface area contributed by atoms with Crippen molar-refractivity contribution in [2.45, 2.75) is 6.92 Å². The minimum Gasteiger partial charge on any atom is -0.360 e. The van der Waals surface area contributed by atoms with Gasteiger partial charge in [0.05, 0.1) is 0 Å². The lowest BCUT2D eigenvalue weighted by atomic mass is 10.4. The average molecular weight is 258 g/mol. The van der Waals surface area contributed by atoms with Crippen LogP contribution in [0.3, 0.4) is 0 Å². The van der Waals surface area contributed by atoms with Crippen LogP contribution in [-0.4, -0.2) is 52.1 Å². The summed E-state index contributed by atoms with van der Waals surface area (Å²) >= 11 is 3.21. The summed E-state index contributed by atoms with van der Waals surface area (Å²) in [4.78, 5) is 13.9. The standard InChI is InChI=1S/C9H14N4OS2/c1-2-10-9-12-11-7(16-9)8(14)13-3-5-15-6-4-13/h2-6H2,1H3,(H,10,12). The van der Waals surface area contributed by atoms with Gasteiger partial charge in [-0.3, -0.25) is 4.79 Å². The number of carbonyl (C=O) groups excluding carboxylic acids is 1. The highest BCUT2D eigenvalue weighted by atomic mass is 32.2. The number of rotatable bonds is 3. The van der Waals surface area contributed by atoms with Crippen molar-refractivity contribution in [2.75, 3.05) is 36.5 Å². The lowest BCUT2D eigenvalue weighted by molar-refractivity contribution is 0.0771. The van der Waals surface area contributed by atoms with Crippen molar-refractivity contribution in [3.05, 3.63) is 5.01 Å². The summed E-state index contributed by atoms with van der Waals surface area (Å²) in [6.07, 6.45) is 0. The molecule has 0 radical (unpaired) electrons. The Morgan fingerprint density at radius 3 is 2.88 bits per heavy atom. The quantitative estimate of drug-likeness (QED) is 0.881. The van der Waals surface area contributed by atoms with Crippen molar-refractivity contribution >= 4 is 34.1 Å². The van der Waals surface area contributed by atoms with Crippen molar-refractivity contribution < 1.29 is 4.79 Å². The third kappa shape index (κ3) is 2.65. The molecule has 1 N–H and O–H groups in total. The number of anilines is 1. The molecule has 7 heteroatoms. The summed E-state index contributed by atoms with van der Waals surface area (Å²) in [6, 6.07) is 0. The number of thioether (sulfide) groups is 1. The van der Waals surface area contributed by atoms with Gasteiger partial charge in [0, 0.05) is 31.1 Å². The summed E-state index contributed by atoms with van der Waals surface area (Å²) in [5, 5.41) is 12.1. The summed E-state index contributed by atoms with van der Waals surface area (Å²) in [7, 11) is 0. The molecule has 1 fully saturated rings. The first-order chi connectivity index (χ1) is 7.81. The number of carbonyl (C=O) groups is 1. The normalized spacial score (nSPS) is 16.2. The largest absolute Gasteiger partial charge is 0.360 e. The Balaban J connectivity index is 2.01. The molecule has 0 aliphatic carbocycles. The van der Waals surface area contributed by atoms with Crippen LogP contribution < -0.4 is 5.32 Å². The van der Waals surface area contributed by atoms with E-state index in [1.165, 1.54) is 11.3 Å². The molecule has 0 bridgehead atoms. The minimum absolute atomic E-state index is 0.0157. The molecule has 16 heavy (non-hydrogen) atoms. The summed E-state index contributed by atoms with van der Waals surface area (Å²) in [5.41, 5.74) is 0. The lowest BCUT2D eigenvalue weighted by Crippen LogP contribution is -2.37. The number of nitrogens with zero attached hydrogens (tertiary/aromatic N) is 3. The van der Waals surface area contributed by atoms with Crippen molar-refractivity contribution in [1.29, 1.82) is 0 Å². The van der Waals surface area contributed by atoms with Gasteiger partial charge in [0.1, 0.15) is 0 Å². The van der Waals surface area contributed by atoms with Crippen molar-refractivity contribution in [3.63, 3.8) is 0 Å². The molecule has 1 aliphatic rings. The van der Waals surface area contributed by atoms with E-state index in [1.54, 1.807) is 0 Å². The van der Waals surface area contributed by atoms with Gasteiger partial charge in [0.25, 0.3) is 5.91 Å². The highest BCUT2D eigenvalue weighted by Gasteiger charge is 2.21. The Kier molecular flexibility index (Phi) is 4.00. The lowest BCUT2D eigenvalue weighted by Gasteiger charge is -2.25. The maximum Gasteiger partial charge on any atom is 0.284 e. The fraction of sp³-hybridized carbons (Fsp3) is 0.667. The zero-order valence-electron chi connectivity index (χ0n) is 9.10. The van der Waals surface area contributed by atoms with Gasteiger partial charge in [-0.15, -0.1) is 10.2 Å². The number of nitrogens with one attached hydrogen (secondary N) is 1. The monoisotopic (exact) mass is 258 g/mol. The fourth-order valence-electron chi connectivity index (χ4n) is 1.43. The van der Waals surface area contributed by atoms with Crippen LogP contribution in [0, 0.1) is 0 Å².